The number of aliphatic hydroxyl groups excluding tert-OH is 1. The van der Waals surface area contributed by atoms with Gasteiger partial charge in [-0.2, -0.15) is 4.98 Å². The van der Waals surface area contributed by atoms with E-state index in [1.165, 1.54) is 12.1 Å². The van der Waals surface area contributed by atoms with Gasteiger partial charge in [0.1, 0.15) is 11.6 Å². The smallest absolute Gasteiger partial charge is 0.224 e. The molecular formula is C18H19FN4O. The molecule has 6 heteroatoms. The van der Waals surface area contributed by atoms with Crippen molar-refractivity contribution < 1.29 is 9.50 Å². The first-order chi connectivity index (χ1) is 11.7. The summed E-state index contributed by atoms with van der Waals surface area (Å²) in [5.74, 6) is 1.08. The standard InChI is InChI=1S/C18H19FN4O/c19-13-1-6-16-12(11-13)8-10-23(16)17-7-9-20-18(22-17)21-14-2-4-15(24)5-3-14/h1,6-11,14-15,24H,2-5H2,(H,20,21,22)/t14-,15-. The Kier molecular flexibility index (Phi) is 3.90. The fourth-order valence-corrected chi connectivity index (χ4v) is 3.27. The highest BCUT2D eigenvalue weighted by Crippen LogP contribution is 2.23. The van der Waals surface area contributed by atoms with Gasteiger partial charge in [0.05, 0.1) is 11.6 Å². The zero-order valence-electron chi connectivity index (χ0n) is 13.2. The molecule has 5 nitrogen and oxygen atoms in total. The number of anilines is 1. The van der Waals surface area contributed by atoms with Gasteiger partial charge in [-0.05, 0) is 56.0 Å². The SMILES string of the molecule is O[C@H]1CC[C@H](Nc2nccc(-n3ccc4cc(F)ccc43)n2)CC1. The summed E-state index contributed by atoms with van der Waals surface area (Å²) >= 11 is 0. The molecule has 0 bridgehead atoms. The second kappa shape index (κ2) is 6.20. The van der Waals surface area contributed by atoms with E-state index in [1.807, 2.05) is 22.9 Å². The van der Waals surface area contributed by atoms with Crippen LogP contribution in [0.2, 0.25) is 0 Å². The molecule has 2 aromatic heterocycles. The largest absolute Gasteiger partial charge is 0.393 e. The maximum absolute atomic E-state index is 13.3. The molecule has 124 valence electrons. The first-order valence-electron chi connectivity index (χ1n) is 8.24. The maximum atomic E-state index is 13.3. The molecule has 0 aliphatic heterocycles. The Morgan fingerprint density at radius 3 is 2.79 bits per heavy atom. The number of nitrogens with zero attached hydrogens (tertiary/aromatic N) is 3. The lowest BCUT2D eigenvalue weighted by Crippen LogP contribution is -2.29. The molecule has 0 radical (unpaired) electrons. The maximum Gasteiger partial charge on any atom is 0.224 e. The molecule has 0 atom stereocenters. The van der Waals surface area contributed by atoms with Crippen LogP contribution < -0.4 is 5.32 Å². The minimum atomic E-state index is -0.246. The average Bonchev–Trinajstić information content (AvgIpc) is 3.00. The van der Waals surface area contributed by atoms with Crippen molar-refractivity contribution in [1.82, 2.24) is 14.5 Å². The van der Waals surface area contributed by atoms with E-state index in [0.29, 0.717) is 12.0 Å². The Bertz CT molecular complexity index is 855. The van der Waals surface area contributed by atoms with Gasteiger partial charge >= 0.3 is 0 Å². The van der Waals surface area contributed by atoms with Crippen molar-refractivity contribution in [2.24, 2.45) is 0 Å². The minimum Gasteiger partial charge on any atom is -0.393 e. The second-order valence-electron chi connectivity index (χ2n) is 6.28. The Hall–Kier alpha value is -2.47. The van der Waals surface area contributed by atoms with E-state index >= 15 is 0 Å². The van der Waals surface area contributed by atoms with Crippen molar-refractivity contribution in [2.45, 2.75) is 37.8 Å². The van der Waals surface area contributed by atoms with Gasteiger partial charge in [-0.15, -0.1) is 0 Å². The Morgan fingerprint density at radius 2 is 1.96 bits per heavy atom. The number of aromatic nitrogens is 3. The average molecular weight is 326 g/mol. The predicted molar refractivity (Wildman–Crippen MR) is 90.7 cm³/mol. The van der Waals surface area contributed by atoms with E-state index in [4.69, 9.17) is 0 Å². The number of hydrogen-bond donors (Lipinski definition) is 2. The third kappa shape index (κ3) is 2.97. The van der Waals surface area contributed by atoms with Crippen LogP contribution in [0.1, 0.15) is 25.7 Å². The number of nitrogens with one attached hydrogen (secondary N) is 1. The summed E-state index contributed by atoms with van der Waals surface area (Å²) in [5, 5.41) is 13.8. The third-order valence-electron chi connectivity index (χ3n) is 4.57. The quantitative estimate of drug-likeness (QED) is 0.775. The normalized spacial score (nSPS) is 21.1. The van der Waals surface area contributed by atoms with Gasteiger partial charge in [-0.3, -0.25) is 0 Å². The van der Waals surface area contributed by atoms with Crippen LogP contribution in [-0.2, 0) is 0 Å². The van der Waals surface area contributed by atoms with Gasteiger partial charge in [0.25, 0.3) is 0 Å². The van der Waals surface area contributed by atoms with Crippen LogP contribution in [0.25, 0.3) is 16.7 Å². The summed E-state index contributed by atoms with van der Waals surface area (Å²) in [6, 6.07) is 8.71. The first-order valence-corrected chi connectivity index (χ1v) is 8.24. The van der Waals surface area contributed by atoms with Crippen LogP contribution in [0.5, 0.6) is 0 Å². The molecule has 1 aliphatic carbocycles. The molecule has 1 aliphatic rings. The number of halogens is 1. The molecule has 4 rings (SSSR count). The van der Waals surface area contributed by atoms with Crippen LogP contribution in [0.3, 0.4) is 0 Å². The molecule has 2 heterocycles. The molecule has 0 saturated heterocycles. The molecule has 0 unspecified atom stereocenters. The van der Waals surface area contributed by atoms with Crippen molar-refractivity contribution in [3.63, 3.8) is 0 Å². The molecule has 1 saturated carbocycles. The molecule has 3 aromatic rings. The summed E-state index contributed by atoms with van der Waals surface area (Å²) in [5.41, 5.74) is 0.904. The van der Waals surface area contributed by atoms with Crippen LogP contribution in [-0.4, -0.2) is 31.8 Å². The Morgan fingerprint density at radius 1 is 1.12 bits per heavy atom. The first kappa shape index (κ1) is 15.1. The van der Waals surface area contributed by atoms with Gasteiger partial charge in [0.15, 0.2) is 0 Å². The third-order valence-corrected chi connectivity index (χ3v) is 4.57. The summed E-state index contributed by atoms with van der Waals surface area (Å²) in [6.07, 6.45) is 6.88. The fourth-order valence-electron chi connectivity index (χ4n) is 3.27. The lowest BCUT2D eigenvalue weighted by atomic mass is 9.93. The van der Waals surface area contributed by atoms with Gasteiger partial charge < -0.3 is 15.0 Å². The van der Waals surface area contributed by atoms with Crippen LogP contribution in [0, 0.1) is 5.82 Å². The highest BCUT2D eigenvalue weighted by atomic mass is 19.1. The van der Waals surface area contributed by atoms with Crippen LogP contribution in [0.4, 0.5) is 10.3 Å². The van der Waals surface area contributed by atoms with E-state index in [2.05, 4.69) is 15.3 Å². The predicted octanol–water partition coefficient (Wildman–Crippen LogP) is 3.28. The molecule has 0 amide bonds. The highest BCUT2D eigenvalue weighted by molar-refractivity contribution is 5.81. The lowest BCUT2D eigenvalue weighted by Gasteiger charge is -2.26. The van der Waals surface area contributed by atoms with Gasteiger partial charge in [0.2, 0.25) is 5.95 Å². The van der Waals surface area contributed by atoms with Crippen molar-refractivity contribution >= 4 is 16.9 Å². The van der Waals surface area contributed by atoms with Crippen molar-refractivity contribution in [2.75, 3.05) is 5.32 Å². The van der Waals surface area contributed by atoms with E-state index in [9.17, 15) is 9.50 Å². The lowest BCUT2D eigenvalue weighted by molar-refractivity contribution is 0.126. The Labute approximate surface area is 139 Å². The van der Waals surface area contributed by atoms with E-state index in [1.54, 1.807) is 12.3 Å². The molecule has 1 fully saturated rings. The number of hydrogen-bond acceptors (Lipinski definition) is 4. The zero-order chi connectivity index (χ0) is 16.5. The summed E-state index contributed by atoms with van der Waals surface area (Å²) in [7, 11) is 0. The number of aliphatic hydroxyl groups is 1. The van der Waals surface area contributed by atoms with Crippen molar-refractivity contribution in [1.29, 1.82) is 0 Å². The van der Waals surface area contributed by atoms with Gasteiger partial charge in [-0.25, -0.2) is 9.37 Å². The fraction of sp³-hybridized carbons (Fsp3) is 0.333. The number of benzene rings is 1. The monoisotopic (exact) mass is 326 g/mol. The molecular weight excluding hydrogens is 307 g/mol. The molecule has 0 spiro atoms. The highest BCUT2D eigenvalue weighted by Gasteiger charge is 2.20. The van der Waals surface area contributed by atoms with Crippen molar-refractivity contribution in [3.05, 3.63) is 48.5 Å². The number of fused-ring (bicyclic) bond motifs is 1. The van der Waals surface area contributed by atoms with Crippen molar-refractivity contribution in [3.8, 4) is 5.82 Å². The molecule has 2 N–H and O–H groups in total. The van der Waals surface area contributed by atoms with Gasteiger partial charge in [-0.1, -0.05) is 0 Å². The topological polar surface area (TPSA) is 63.0 Å². The van der Waals surface area contributed by atoms with E-state index < -0.39 is 0 Å². The summed E-state index contributed by atoms with van der Waals surface area (Å²) in [6.45, 7) is 0. The summed E-state index contributed by atoms with van der Waals surface area (Å²) in [4.78, 5) is 8.88. The Balaban J connectivity index is 1.60. The zero-order valence-corrected chi connectivity index (χ0v) is 13.2. The van der Waals surface area contributed by atoms with E-state index in [0.717, 1.165) is 42.4 Å². The number of rotatable bonds is 3. The summed E-state index contributed by atoms with van der Waals surface area (Å²) < 4.78 is 15.3. The van der Waals surface area contributed by atoms with E-state index in [-0.39, 0.29) is 11.9 Å². The minimum absolute atomic E-state index is 0.179. The van der Waals surface area contributed by atoms with Crippen LogP contribution >= 0.6 is 0 Å². The molecule has 1 aromatic carbocycles. The van der Waals surface area contributed by atoms with Gasteiger partial charge in [0, 0.05) is 23.8 Å². The van der Waals surface area contributed by atoms with Crippen LogP contribution in [0.15, 0.2) is 42.7 Å². The molecule has 24 heavy (non-hydrogen) atoms. The second-order valence-corrected chi connectivity index (χ2v) is 6.28.